The van der Waals surface area contributed by atoms with Crippen LogP contribution < -0.4 is 4.74 Å². The summed E-state index contributed by atoms with van der Waals surface area (Å²) in [6.45, 7) is 6.12. The number of carbonyl (C=O) groups excluding carboxylic acids is 1. The molecule has 0 heterocycles. The fraction of sp³-hybridized carbons (Fsp3) is 0.194. The number of rotatable bonds is 10. The maximum absolute atomic E-state index is 15.2. The van der Waals surface area contributed by atoms with Crippen LogP contribution in [0.25, 0.3) is 33.0 Å². The van der Waals surface area contributed by atoms with Crippen LogP contribution in [0.3, 0.4) is 0 Å². The van der Waals surface area contributed by atoms with Gasteiger partial charge in [-0.2, -0.15) is 0 Å². The molecule has 0 aromatic heterocycles. The second kappa shape index (κ2) is 11.1. The van der Waals surface area contributed by atoms with E-state index in [4.69, 9.17) is 4.74 Å². The van der Waals surface area contributed by atoms with E-state index >= 15 is 8.78 Å². The van der Waals surface area contributed by atoms with Crippen LogP contribution >= 0.6 is 0 Å². The number of carbonyl (C=O) groups is 1. The van der Waals surface area contributed by atoms with Crippen LogP contribution in [-0.4, -0.2) is 12.9 Å². The SMILES string of the molecule is C=CCOc1ccc(-c2c(F)cc(-c3ccc4cc(CCCCC)ccc4c3C=O)cc2F)cc1. The Kier molecular flexibility index (Phi) is 7.71. The van der Waals surface area contributed by atoms with E-state index in [2.05, 4.69) is 19.6 Å². The van der Waals surface area contributed by atoms with E-state index in [1.807, 2.05) is 18.2 Å². The van der Waals surface area contributed by atoms with E-state index < -0.39 is 11.6 Å². The lowest BCUT2D eigenvalue weighted by Gasteiger charge is -2.13. The lowest BCUT2D eigenvalue weighted by atomic mass is 9.92. The zero-order valence-corrected chi connectivity index (χ0v) is 19.8. The summed E-state index contributed by atoms with van der Waals surface area (Å²) in [4.78, 5) is 12.1. The molecule has 0 aliphatic carbocycles. The third-order valence-electron chi connectivity index (χ3n) is 6.18. The Bertz CT molecular complexity index is 1330. The Morgan fingerprint density at radius 2 is 1.63 bits per heavy atom. The van der Waals surface area contributed by atoms with Gasteiger partial charge in [-0.1, -0.05) is 74.9 Å². The topological polar surface area (TPSA) is 26.3 Å². The van der Waals surface area contributed by atoms with Crippen molar-refractivity contribution in [3.63, 3.8) is 0 Å². The molecule has 0 aliphatic heterocycles. The monoisotopic (exact) mass is 470 g/mol. The van der Waals surface area contributed by atoms with Crippen LogP contribution in [0.4, 0.5) is 8.78 Å². The molecule has 4 heteroatoms. The normalized spacial score (nSPS) is 10.9. The zero-order valence-electron chi connectivity index (χ0n) is 19.8. The molecule has 2 nitrogen and oxygen atoms in total. The third kappa shape index (κ3) is 5.32. The van der Waals surface area contributed by atoms with Crippen molar-refractivity contribution in [1.82, 2.24) is 0 Å². The maximum Gasteiger partial charge on any atom is 0.151 e. The minimum Gasteiger partial charge on any atom is -0.490 e. The van der Waals surface area contributed by atoms with Crippen molar-refractivity contribution in [2.45, 2.75) is 32.6 Å². The van der Waals surface area contributed by atoms with Gasteiger partial charge in [0, 0.05) is 5.56 Å². The first-order valence-corrected chi connectivity index (χ1v) is 11.9. The smallest absolute Gasteiger partial charge is 0.151 e. The summed E-state index contributed by atoms with van der Waals surface area (Å²) in [6.07, 6.45) is 6.83. The van der Waals surface area contributed by atoms with Gasteiger partial charge >= 0.3 is 0 Å². The Morgan fingerprint density at radius 3 is 2.29 bits per heavy atom. The number of halogens is 2. The summed E-state index contributed by atoms with van der Waals surface area (Å²) >= 11 is 0. The average molecular weight is 471 g/mol. The van der Waals surface area contributed by atoms with Crippen molar-refractivity contribution in [3.8, 4) is 28.0 Å². The van der Waals surface area contributed by atoms with Crippen LogP contribution in [0.15, 0.2) is 79.4 Å². The van der Waals surface area contributed by atoms with Crippen LogP contribution in [-0.2, 0) is 6.42 Å². The summed E-state index contributed by atoms with van der Waals surface area (Å²) in [5.41, 5.74) is 2.77. The highest BCUT2D eigenvalue weighted by molar-refractivity contribution is 6.04. The first-order valence-electron chi connectivity index (χ1n) is 11.9. The zero-order chi connectivity index (χ0) is 24.8. The molecule has 178 valence electrons. The highest BCUT2D eigenvalue weighted by Crippen LogP contribution is 2.35. The Balaban J connectivity index is 1.69. The fourth-order valence-electron chi connectivity index (χ4n) is 4.39. The van der Waals surface area contributed by atoms with E-state index in [1.165, 1.54) is 24.1 Å². The molecule has 0 bridgehead atoms. The summed E-state index contributed by atoms with van der Waals surface area (Å²) < 4.78 is 35.8. The number of benzene rings is 4. The molecular weight excluding hydrogens is 442 g/mol. The largest absolute Gasteiger partial charge is 0.490 e. The number of aldehydes is 1. The van der Waals surface area contributed by atoms with Gasteiger partial charge in [-0.25, -0.2) is 8.78 Å². The standard InChI is InChI=1S/C31H28F2O2/c1-3-5-6-7-21-8-14-26-23(17-21)11-15-27(28(26)20-34)24-18-29(32)31(30(33)19-24)22-9-12-25(13-10-22)35-16-4-2/h4,8-15,17-20H,2-3,5-7,16H2,1H3. The highest BCUT2D eigenvalue weighted by Gasteiger charge is 2.17. The first-order chi connectivity index (χ1) is 17.0. The molecule has 0 unspecified atom stereocenters. The van der Waals surface area contributed by atoms with E-state index in [9.17, 15) is 4.79 Å². The summed E-state index contributed by atoms with van der Waals surface area (Å²) in [5, 5.41) is 1.72. The average Bonchev–Trinajstić information content (AvgIpc) is 2.87. The summed E-state index contributed by atoms with van der Waals surface area (Å²) in [6, 6.07) is 18.9. The minimum atomic E-state index is -0.692. The Morgan fingerprint density at radius 1 is 0.886 bits per heavy atom. The quantitative estimate of drug-likeness (QED) is 0.132. The maximum atomic E-state index is 15.2. The third-order valence-corrected chi connectivity index (χ3v) is 6.18. The predicted octanol–water partition coefficient (Wildman–Crippen LogP) is 8.56. The predicted molar refractivity (Wildman–Crippen MR) is 139 cm³/mol. The van der Waals surface area contributed by atoms with Gasteiger partial charge in [-0.15, -0.1) is 0 Å². The molecule has 0 saturated heterocycles. The molecule has 4 aromatic carbocycles. The van der Waals surface area contributed by atoms with Crippen molar-refractivity contribution in [2.75, 3.05) is 6.61 Å². The Labute approximate surface area is 204 Å². The van der Waals surface area contributed by atoms with E-state index in [0.717, 1.165) is 36.3 Å². The second-order valence-electron chi connectivity index (χ2n) is 8.60. The summed E-state index contributed by atoms with van der Waals surface area (Å²) in [5.74, 6) is -0.794. The molecule has 0 radical (unpaired) electrons. The van der Waals surface area contributed by atoms with Gasteiger partial charge in [0.2, 0.25) is 0 Å². The van der Waals surface area contributed by atoms with Crippen molar-refractivity contribution < 1.29 is 18.3 Å². The van der Waals surface area contributed by atoms with E-state index in [0.29, 0.717) is 34.6 Å². The van der Waals surface area contributed by atoms with Crippen molar-refractivity contribution in [2.24, 2.45) is 0 Å². The van der Waals surface area contributed by atoms with Gasteiger partial charge in [0.15, 0.2) is 6.29 Å². The van der Waals surface area contributed by atoms with E-state index in [1.54, 1.807) is 36.4 Å². The molecule has 0 spiro atoms. The number of aryl methyl sites for hydroxylation is 1. The van der Waals surface area contributed by atoms with Gasteiger partial charge in [0.05, 0.1) is 5.56 Å². The van der Waals surface area contributed by atoms with Gasteiger partial charge in [0.25, 0.3) is 0 Å². The number of hydrogen-bond acceptors (Lipinski definition) is 2. The number of unbranched alkanes of at least 4 members (excludes halogenated alkanes) is 2. The molecule has 0 N–H and O–H groups in total. The second-order valence-corrected chi connectivity index (χ2v) is 8.60. The molecule has 0 aliphatic rings. The number of fused-ring (bicyclic) bond motifs is 1. The van der Waals surface area contributed by atoms with Gasteiger partial charge < -0.3 is 4.74 Å². The van der Waals surface area contributed by atoms with Crippen LogP contribution in [0.5, 0.6) is 5.75 Å². The lowest BCUT2D eigenvalue weighted by Crippen LogP contribution is -1.96. The molecular formula is C31H28F2O2. The molecule has 4 aromatic rings. The van der Waals surface area contributed by atoms with Crippen molar-refractivity contribution in [1.29, 1.82) is 0 Å². The molecule has 0 atom stereocenters. The highest BCUT2D eigenvalue weighted by atomic mass is 19.1. The van der Waals surface area contributed by atoms with Crippen molar-refractivity contribution in [3.05, 3.63) is 102 Å². The van der Waals surface area contributed by atoms with Crippen LogP contribution in [0, 0.1) is 11.6 Å². The van der Waals surface area contributed by atoms with E-state index in [-0.39, 0.29) is 5.56 Å². The van der Waals surface area contributed by atoms with Crippen molar-refractivity contribution >= 4 is 17.1 Å². The van der Waals surface area contributed by atoms with Gasteiger partial charge in [-0.05, 0) is 70.1 Å². The van der Waals surface area contributed by atoms with Crippen LogP contribution in [0.1, 0.15) is 42.1 Å². The molecule has 0 amide bonds. The Hall–Kier alpha value is -3.79. The first kappa shape index (κ1) is 24.3. The number of ether oxygens (including phenoxy) is 1. The number of hydrogen-bond donors (Lipinski definition) is 0. The van der Waals surface area contributed by atoms with Gasteiger partial charge in [0.1, 0.15) is 24.0 Å². The molecule has 35 heavy (non-hydrogen) atoms. The van der Waals surface area contributed by atoms with Crippen LogP contribution in [0.2, 0.25) is 0 Å². The van der Waals surface area contributed by atoms with Gasteiger partial charge in [-0.3, -0.25) is 4.79 Å². The molecule has 0 saturated carbocycles. The molecule has 4 rings (SSSR count). The molecule has 0 fully saturated rings. The fourth-order valence-corrected chi connectivity index (χ4v) is 4.39. The minimum absolute atomic E-state index is 0.116. The summed E-state index contributed by atoms with van der Waals surface area (Å²) in [7, 11) is 0. The lowest BCUT2D eigenvalue weighted by molar-refractivity contribution is 0.112.